The van der Waals surface area contributed by atoms with Crippen LogP contribution in [0.3, 0.4) is 0 Å². The molecule has 2 rings (SSSR count). The lowest BCUT2D eigenvalue weighted by molar-refractivity contribution is -0.141. The van der Waals surface area contributed by atoms with E-state index in [0.29, 0.717) is 0 Å². The number of carbonyl (C=O) groups is 2. The second-order valence-corrected chi connectivity index (χ2v) is 4.49. The third kappa shape index (κ3) is 2.30. The molecule has 1 amide bonds. The van der Waals surface area contributed by atoms with Gasteiger partial charge in [-0.05, 0) is 25.0 Å². The highest BCUT2D eigenvalue weighted by atomic mass is 16.6. The van der Waals surface area contributed by atoms with Crippen LogP contribution in [0.15, 0.2) is 18.2 Å². The molecule has 0 aromatic heterocycles. The summed E-state index contributed by atoms with van der Waals surface area (Å²) in [4.78, 5) is 23.8. The van der Waals surface area contributed by atoms with E-state index in [1.807, 2.05) is 32.0 Å². The molecule has 5 heteroatoms. The van der Waals surface area contributed by atoms with Gasteiger partial charge in [0, 0.05) is 0 Å². The summed E-state index contributed by atoms with van der Waals surface area (Å²) in [6.07, 6.45) is -0.567. The first kappa shape index (κ1) is 12.4. The van der Waals surface area contributed by atoms with E-state index in [-0.39, 0.29) is 13.2 Å². The third-order valence-corrected chi connectivity index (χ3v) is 3.10. The van der Waals surface area contributed by atoms with Gasteiger partial charge in [0.1, 0.15) is 6.61 Å². The van der Waals surface area contributed by atoms with E-state index in [1.165, 1.54) is 4.90 Å². The van der Waals surface area contributed by atoms with Crippen LogP contribution in [0.4, 0.5) is 4.79 Å². The molecule has 0 saturated carbocycles. The van der Waals surface area contributed by atoms with E-state index in [4.69, 9.17) is 9.84 Å². The molecule has 5 nitrogen and oxygen atoms in total. The van der Waals surface area contributed by atoms with Gasteiger partial charge in [-0.2, -0.15) is 0 Å². The third-order valence-electron chi connectivity index (χ3n) is 3.10. The zero-order valence-electron chi connectivity index (χ0n) is 10.3. The van der Waals surface area contributed by atoms with Crippen LogP contribution in [0.2, 0.25) is 0 Å². The number of nitrogens with zero attached hydrogens (tertiary/aromatic N) is 1. The molecule has 0 radical (unpaired) electrons. The SMILES string of the molecule is Cc1ccc(CN2C(=O)OCC2C(=O)O)c(C)c1. The highest BCUT2D eigenvalue weighted by Crippen LogP contribution is 2.19. The monoisotopic (exact) mass is 249 g/mol. The summed E-state index contributed by atoms with van der Waals surface area (Å²) >= 11 is 0. The number of aryl methyl sites for hydroxylation is 2. The zero-order chi connectivity index (χ0) is 13.3. The maximum atomic E-state index is 11.5. The first-order chi connectivity index (χ1) is 8.49. The minimum absolute atomic E-state index is 0.0843. The number of carbonyl (C=O) groups excluding carboxylic acids is 1. The topological polar surface area (TPSA) is 66.8 Å². The Morgan fingerprint density at radius 2 is 2.22 bits per heavy atom. The minimum atomic E-state index is -1.04. The van der Waals surface area contributed by atoms with Crippen molar-refractivity contribution >= 4 is 12.1 Å². The molecule has 1 unspecified atom stereocenters. The Kier molecular flexibility index (Phi) is 3.23. The molecule has 1 fully saturated rings. The van der Waals surface area contributed by atoms with Crippen LogP contribution < -0.4 is 0 Å². The molecule has 96 valence electrons. The molecule has 1 atom stereocenters. The van der Waals surface area contributed by atoms with Crippen molar-refractivity contribution in [3.05, 3.63) is 34.9 Å². The molecule has 0 aliphatic carbocycles. The molecule has 1 aliphatic rings. The first-order valence-electron chi connectivity index (χ1n) is 5.71. The summed E-state index contributed by atoms with van der Waals surface area (Å²) in [7, 11) is 0. The van der Waals surface area contributed by atoms with Crippen molar-refractivity contribution in [1.29, 1.82) is 0 Å². The lowest BCUT2D eigenvalue weighted by Gasteiger charge is -2.19. The van der Waals surface area contributed by atoms with E-state index in [9.17, 15) is 9.59 Å². The minimum Gasteiger partial charge on any atom is -0.480 e. The van der Waals surface area contributed by atoms with Crippen molar-refractivity contribution in [2.45, 2.75) is 26.4 Å². The molecule has 1 saturated heterocycles. The van der Waals surface area contributed by atoms with Gasteiger partial charge in [0.05, 0.1) is 6.54 Å². The Labute approximate surface area is 105 Å². The number of ether oxygens (including phenoxy) is 1. The Hall–Kier alpha value is -2.04. The standard InChI is InChI=1S/C13H15NO4/c1-8-3-4-10(9(2)5-8)6-14-11(12(15)16)7-18-13(14)17/h3-5,11H,6-7H2,1-2H3,(H,15,16). The number of hydrogen-bond acceptors (Lipinski definition) is 3. The van der Waals surface area contributed by atoms with Gasteiger partial charge < -0.3 is 9.84 Å². The van der Waals surface area contributed by atoms with Crippen molar-refractivity contribution in [2.24, 2.45) is 0 Å². The second kappa shape index (κ2) is 4.68. The maximum absolute atomic E-state index is 11.5. The van der Waals surface area contributed by atoms with Gasteiger partial charge in [0.15, 0.2) is 6.04 Å². The number of cyclic esters (lactones) is 1. The number of benzene rings is 1. The normalized spacial score (nSPS) is 18.9. The van der Waals surface area contributed by atoms with Gasteiger partial charge in [0.2, 0.25) is 0 Å². The summed E-state index contributed by atoms with van der Waals surface area (Å²) in [5, 5.41) is 9.02. The fourth-order valence-electron chi connectivity index (χ4n) is 2.04. The van der Waals surface area contributed by atoms with Gasteiger partial charge in [0.25, 0.3) is 0 Å². The van der Waals surface area contributed by atoms with Crippen LogP contribution in [0.5, 0.6) is 0 Å². The Balaban J connectivity index is 2.21. The Morgan fingerprint density at radius 3 is 2.83 bits per heavy atom. The number of rotatable bonds is 3. The van der Waals surface area contributed by atoms with E-state index in [2.05, 4.69) is 0 Å². The molecule has 1 aromatic carbocycles. The average molecular weight is 249 g/mol. The van der Waals surface area contributed by atoms with Crippen LogP contribution in [0.25, 0.3) is 0 Å². The van der Waals surface area contributed by atoms with Crippen molar-refractivity contribution in [2.75, 3.05) is 6.61 Å². The van der Waals surface area contributed by atoms with E-state index >= 15 is 0 Å². The van der Waals surface area contributed by atoms with Gasteiger partial charge >= 0.3 is 12.1 Å². The van der Waals surface area contributed by atoms with Crippen LogP contribution >= 0.6 is 0 Å². The fourth-order valence-corrected chi connectivity index (χ4v) is 2.04. The lowest BCUT2D eigenvalue weighted by Crippen LogP contribution is -2.38. The average Bonchev–Trinajstić information content (AvgIpc) is 2.64. The number of amides is 1. The summed E-state index contributed by atoms with van der Waals surface area (Å²) in [6.45, 7) is 4.11. The largest absolute Gasteiger partial charge is 0.480 e. The number of carboxylic acids is 1. The van der Waals surface area contributed by atoms with Crippen molar-refractivity contribution < 1.29 is 19.4 Å². The maximum Gasteiger partial charge on any atom is 0.411 e. The highest BCUT2D eigenvalue weighted by Gasteiger charge is 2.38. The number of aliphatic carboxylic acids is 1. The van der Waals surface area contributed by atoms with Crippen LogP contribution in [0.1, 0.15) is 16.7 Å². The summed E-state index contributed by atoms with van der Waals surface area (Å²) < 4.78 is 4.78. The molecule has 18 heavy (non-hydrogen) atoms. The quantitative estimate of drug-likeness (QED) is 0.885. The van der Waals surface area contributed by atoms with Gasteiger partial charge in [-0.3, -0.25) is 4.90 Å². The molecular weight excluding hydrogens is 234 g/mol. The molecule has 1 aliphatic heterocycles. The second-order valence-electron chi connectivity index (χ2n) is 4.49. The molecule has 0 bridgehead atoms. The van der Waals surface area contributed by atoms with Gasteiger partial charge in [-0.1, -0.05) is 23.8 Å². The summed E-state index contributed by atoms with van der Waals surface area (Å²) in [5.74, 6) is -1.04. The highest BCUT2D eigenvalue weighted by molar-refractivity contribution is 5.82. The van der Waals surface area contributed by atoms with E-state index < -0.39 is 18.1 Å². The van der Waals surface area contributed by atoms with Gasteiger partial charge in [-0.15, -0.1) is 0 Å². The molecule has 1 aromatic rings. The molecular formula is C13H15NO4. The summed E-state index contributed by atoms with van der Waals surface area (Å²) in [5.41, 5.74) is 3.11. The van der Waals surface area contributed by atoms with Crippen molar-refractivity contribution in [3.8, 4) is 0 Å². The number of hydrogen-bond donors (Lipinski definition) is 1. The predicted molar refractivity (Wildman–Crippen MR) is 64.2 cm³/mol. The Morgan fingerprint density at radius 1 is 1.50 bits per heavy atom. The molecule has 1 heterocycles. The smallest absolute Gasteiger partial charge is 0.411 e. The summed E-state index contributed by atoms with van der Waals surface area (Å²) in [6, 6.07) is 4.97. The molecule has 1 N–H and O–H groups in total. The lowest BCUT2D eigenvalue weighted by atomic mass is 10.1. The van der Waals surface area contributed by atoms with E-state index in [1.54, 1.807) is 0 Å². The predicted octanol–water partition coefficient (Wildman–Crippen LogP) is 1.71. The fraction of sp³-hybridized carbons (Fsp3) is 0.385. The van der Waals surface area contributed by atoms with Crippen LogP contribution in [-0.4, -0.2) is 34.7 Å². The van der Waals surface area contributed by atoms with Crippen LogP contribution in [-0.2, 0) is 16.1 Å². The first-order valence-corrected chi connectivity index (χ1v) is 5.71. The van der Waals surface area contributed by atoms with E-state index in [0.717, 1.165) is 16.7 Å². The van der Waals surface area contributed by atoms with Crippen LogP contribution in [0, 0.1) is 13.8 Å². The molecule has 0 spiro atoms. The van der Waals surface area contributed by atoms with Gasteiger partial charge in [-0.25, -0.2) is 9.59 Å². The van der Waals surface area contributed by atoms with Crippen molar-refractivity contribution in [3.63, 3.8) is 0 Å². The number of carboxylic acid groups (broad SMARTS) is 1. The van der Waals surface area contributed by atoms with Crippen molar-refractivity contribution in [1.82, 2.24) is 4.90 Å². The zero-order valence-corrected chi connectivity index (χ0v) is 10.3. The Bertz CT molecular complexity index is 498.